The van der Waals surface area contributed by atoms with Crippen molar-refractivity contribution in [3.63, 3.8) is 0 Å². The van der Waals surface area contributed by atoms with Gasteiger partial charge in [-0.05, 0) is 31.1 Å². The lowest BCUT2D eigenvalue weighted by Crippen LogP contribution is -2.27. The van der Waals surface area contributed by atoms with Crippen LogP contribution in [0.25, 0.3) is 0 Å². The Hall–Kier alpha value is -0.610. The van der Waals surface area contributed by atoms with Gasteiger partial charge in [-0.2, -0.15) is 0 Å². The quantitative estimate of drug-likeness (QED) is 0.458. The molecule has 1 aliphatic carbocycles. The smallest absolute Gasteiger partial charge is 0.303 e. The summed E-state index contributed by atoms with van der Waals surface area (Å²) in [5.41, 5.74) is 0.235. The zero-order valence-corrected chi connectivity index (χ0v) is 14.0. The number of hydrogen-bond donors (Lipinski definition) is 1. The summed E-state index contributed by atoms with van der Waals surface area (Å²) >= 11 is 0. The van der Waals surface area contributed by atoms with Gasteiger partial charge in [-0.15, -0.1) is 0 Å². The first-order valence-electron chi connectivity index (χ1n) is 8.26. The van der Waals surface area contributed by atoms with Crippen molar-refractivity contribution in [3.05, 3.63) is 0 Å². The van der Waals surface area contributed by atoms with Gasteiger partial charge < -0.3 is 14.6 Å². The monoisotopic (exact) mass is 300 g/mol. The lowest BCUT2D eigenvalue weighted by molar-refractivity contribution is -0.143. The molecule has 0 aromatic rings. The van der Waals surface area contributed by atoms with Crippen LogP contribution in [0.2, 0.25) is 0 Å². The second-order valence-electron chi connectivity index (χ2n) is 7.27. The van der Waals surface area contributed by atoms with Gasteiger partial charge in [0.15, 0.2) is 0 Å². The minimum Gasteiger partial charge on any atom is -0.481 e. The number of aliphatic carboxylic acids is 1. The lowest BCUT2D eigenvalue weighted by Gasteiger charge is -2.26. The number of carboxylic acids is 1. The van der Waals surface area contributed by atoms with E-state index in [1.807, 2.05) is 0 Å². The zero-order valence-electron chi connectivity index (χ0n) is 14.0. The highest BCUT2D eigenvalue weighted by Gasteiger charge is 2.36. The topological polar surface area (TPSA) is 55.8 Å². The summed E-state index contributed by atoms with van der Waals surface area (Å²) in [7, 11) is 0. The standard InChI is InChI=1S/C17H32O4/c1-4-16(2,3)8-7-11-20-14-21-13-17(12-15(18)19)9-5-6-10-17/h4-14H2,1-3H3,(H,18,19). The first-order chi connectivity index (χ1) is 9.89. The zero-order chi connectivity index (χ0) is 15.8. The fourth-order valence-electron chi connectivity index (χ4n) is 3.02. The van der Waals surface area contributed by atoms with Gasteiger partial charge in [0.1, 0.15) is 6.79 Å². The summed E-state index contributed by atoms with van der Waals surface area (Å²) in [4.78, 5) is 11.0. The average Bonchev–Trinajstić information content (AvgIpc) is 2.85. The molecule has 1 N–H and O–H groups in total. The van der Waals surface area contributed by atoms with Crippen LogP contribution in [-0.2, 0) is 14.3 Å². The highest BCUT2D eigenvalue weighted by atomic mass is 16.7. The van der Waals surface area contributed by atoms with Gasteiger partial charge in [0.2, 0.25) is 0 Å². The Kier molecular flexibility index (Phi) is 7.67. The Bertz CT molecular complexity index is 306. The molecule has 0 amide bonds. The molecule has 0 saturated heterocycles. The van der Waals surface area contributed by atoms with E-state index in [-0.39, 0.29) is 18.6 Å². The number of hydrogen-bond acceptors (Lipinski definition) is 3. The SMILES string of the molecule is CCC(C)(C)CCCOCOCC1(CC(=O)O)CCCC1. The second-order valence-corrected chi connectivity index (χ2v) is 7.27. The molecule has 124 valence electrons. The van der Waals surface area contributed by atoms with Crippen molar-refractivity contribution in [3.8, 4) is 0 Å². The number of carbonyl (C=O) groups is 1. The largest absolute Gasteiger partial charge is 0.481 e. The van der Waals surface area contributed by atoms with Crippen molar-refractivity contribution < 1.29 is 19.4 Å². The van der Waals surface area contributed by atoms with Crippen LogP contribution in [0.4, 0.5) is 0 Å². The highest BCUT2D eigenvalue weighted by molar-refractivity contribution is 5.67. The Morgan fingerprint density at radius 3 is 2.48 bits per heavy atom. The van der Waals surface area contributed by atoms with Crippen LogP contribution < -0.4 is 0 Å². The summed E-state index contributed by atoms with van der Waals surface area (Å²) in [6.07, 6.45) is 7.76. The Labute approximate surface area is 129 Å². The minimum atomic E-state index is -0.719. The van der Waals surface area contributed by atoms with E-state index >= 15 is 0 Å². The maximum Gasteiger partial charge on any atom is 0.303 e. The third kappa shape index (κ3) is 7.28. The normalized spacial score (nSPS) is 18.0. The average molecular weight is 300 g/mol. The maximum atomic E-state index is 11.0. The van der Waals surface area contributed by atoms with E-state index in [1.165, 1.54) is 6.42 Å². The Morgan fingerprint density at radius 2 is 1.90 bits per heavy atom. The summed E-state index contributed by atoms with van der Waals surface area (Å²) < 4.78 is 11.1. The first kappa shape index (κ1) is 18.4. The van der Waals surface area contributed by atoms with E-state index in [0.29, 0.717) is 12.0 Å². The highest BCUT2D eigenvalue weighted by Crippen LogP contribution is 2.41. The van der Waals surface area contributed by atoms with Crippen LogP contribution in [0.3, 0.4) is 0 Å². The molecule has 1 saturated carbocycles. The Balaban J connectivity index is 2.11. The van der Waals surface area contributed by atoms with Crippen molar-refractivity contribution in [2.45, 2.75) is 72.1 Å². The molecule has 0 aromatic carbocycles. The van der Waals surface area contributed by atoms with Gasteiger partial charge in [0.05, 0.1) is 13.0 Å². The Morgan fingerprint density at radius 1 is 1.24 bits per heavy atom. The van der Waals surface area contributed by atoms with E-state index in [2.05, 4.69) is 20.8 Å². The van der Waals surface area contributed by atoms with E-state index in [0.717, 1.165) is 45.1 Å². The van der Waals surface area contributed by atoms with E-state index in [4.69, 9.17) is 14.6 Å². The third-order valence-electron chi connectivity index (χ3n) is 4.86. The van der Waals surface area contributed by atoms with Gasteiger partial charge in [-0.1, -0.05) is 40.0 Å². The molecule has 0 aliphatic heterocycles. The van der Waals surface area contributed by atoms with Crippen LogP contribution in [0.5, 0.6) is 0 Å². The van der Waals surface area contributed by atoms with E-state index < -0.39 is 5.97 Å². The fourth-order valence-corrected chi connectivity index (χ4v) is 3.02. The van der Waals surface area contributed by atoms with Crippen molar-refractivity contribution in [1.29, 1.82) is 0 Å². The molecule has 0 spiro atoms. The number of carboxylic acid groups (broad SMARTS) is 1. The van der Waals surface area contributed by atoms with E-state index in [1.54, 1.807) is 0 Å². The predicted molar refractivity (Wildman–Crippen MR) is 83.2 cm³/mol. The summed E-state index contributed by atoms with van der Waals surface area (Å²) in [6.45, 7) is 8.29. The maximum absolute atomic E-state index is 11.0. The van der Waals surface area contributed by atoms with Crippen molar-refractivity contribution >= 4 is 5.97 Å². The minimum absolute atomic E-state index is 0.153. The summed E-state index contributed by atoms with van der Waals surface area (Å²) in [5, 5.41) is 9.02. The third-order valence-corrected chi connectivity index (χ3v) is 4.86. The molecule has 0 unspecified atom stereocenters. The van der Waals surface area contributed by atoms with Gasteiger partial charge in [0.25, 0.3) is 0 Å². The molecule has 0 bridgehead atoms. The van der Waals surface area contributed by atoms with Crippen LogP contribution in [0.1, 0.15) is 72.1 Å². The van der Waals surface area contributed by atoms with Crippen molar-refractivity contribution in [2.24, 2.45) is 10.8 Å². The summed E-state index contributed by atoms with van der Waals surface area (Å²) in [5.74, 6) is -0.719. The molecule has 1 fully saturated rings. The molecule has 0 heterocycles. The molecule has 1 aliphatic rings. The molecule has 21 heavy (non-hydrogen) atoms. The second kappa shape index (κ2) is 8.74. The molecular formula is C17H32O4. The van der Waals surface area contributed by atoms with Gasteiger partial charge in [-0.25, -0.2) is 0 Å². The number of ether oxygens (including phenoxy) is 2. The molecule has 4 nitrogen and oxygen atoms in total. The molecule has 1 rings (SSSR count). The van der Waals surface area contributed by atoms with Gasteiger partial charge in [0, 0.05) is 12.0 Å². The molecule has 0 aromatic heterocycles. The van der Waals surface area contributed by atoms with Crippen LogP contribution in [0.15, 0.2) is 0 Å². The molecule has 0 radical (unpaired) electrons. The van der Waals surface area contributed by atoms with E-state index in [9.17, 15) is 4.79 Å². The molecular weight excluding hydrogens is 268 g/mol. The molecule has 0 atom stereocenters. The fraction of sp³-hybridized carbons (Fsp3) is 0.941. The van der Waals surface area contributed by atoms with Crippen molar-refractivity contribution in [2.75, 3.05) is 20.0 Å². The van der Waals surface area contributed by atoms with Gasteiger partial charge in [-0.3, -0.25) is 4.79 Å². The van der Waals surface area contributed by atoms with Gasteiger partial charge >= 0.3 is 5.97 Å². The predicted octanol–water partition coefficient (Wildman–Crippen LogP) is 4.23. The molecule has 4 heteroatoms. The van der Waals surface area contributed by atoms with Crippen LogP contribution >= 0.6 is 0 Å². The number of rotatable bonds is 11. The van der Waals surface area contributed by atoms with Crippen LogP contribution in [0, 0.1) is 10.8 Å². The summed E-state index contributed by atoms with van der Waals surface area (Å²) in [6, 6.07) is 0. The van der Waals surface area contributed by atoms with Crippen LogP contribution in [-0.4, -0.2) is 31.1 Å². The first-order valence-corrected chi connectivity index (χ1v) is 8.26. The lowest BCUT2D eigenvalue weighted by atomic mass is 9.84. The van der Waals surface area contributed by atoms with Crippen molar-refractivity contribution in [1.82, 2.24) is 0 Å².